The van der Waals surface area contributed by atoms with Crippen molar-refractivity contribution in [2.75, 3.05) is 5.73 Å². The Morgan fingerprint density at radius 1 is 1.35 bits per heavy atom. The maximum Gasteiger partial charge on any atom is 0.276 e. The van der Waals surface area contributed by atoms with E-state index in [1.165, 1.54) is 12.1 Å². The molecule has 0 fully saturated rings. The zero-order valence-corrected chi connectivity index (χ0v) is 10.9. The zero-order valence-electron chi connectivity index (χ0n) is 10.1. The number of aromatic nitrogens is 4. The van der Waals surface area contributed by atoms with E-state index in [2.05, 4.69) is 20.3 Å². The highest BCUT2D eigenvalue weighted by atomic mass is 35.5. The fraction of sp³-hybridized carbons (Fsp3) is 0.0833. The molecule has 0 aliphatic rings. The summed E-state index contributed by atoms with van der Waals surface area (Å²) in [5.41, 5.74) is 6.74. The van der Waals surface area contributed by atoms with Gasteiger partial charge in [-0.05, 0) is 17.7 Å². The lowest BCUT2D eigenvalue weighted by Crippen LogP contribution is -1.92. The summed E-state index contributed by atoms with van der Waals surface area (Å²) in [6, 6.07) is 5.75. The second-order valence-electron chi connectivity index (χ2n) is 4.13. The van der Waals surface area contributed by atoms with Crippen molar-refractivity contribution < 1.29 is 8.91 Å². The third kappa shape index (κ3) is 2.48. The summed E-state index contributed by atoms with van der Waals surface area (Å²) in [6.07, 6.45) is 0.340. The minimum atomic E-state index is -0.388. The Hall–Kier alpha value is -2.41. The van der Waals surface area contributed by atoms with E-state index in [1.54, 1.807) is 12.1 Å². The first-order chi connectivity index (χ1) is 9.61. The van der Waals surface area contributed by atoms with Crippen molar-refractivity contribution in [3.63, 3.8) is 0 Å². The lowest BCUT2D eigenvalue weighted by atomic mass is 10.1. The number of hydrogen-bond donors (Lipinski definition) is 2. The first kappa shape index (κ1) is 12.6. The Morgan fingerprint density at radius 2 is 2.20 bits per heavy atom. The number of benzene rings is 1. The number of hydrogen-bond acceptors (Lipinski definition) is 5. The van der Waals surface area contributed by atoms with E-state index in [1.807, 2.05) is 0 Å². The Balaban J connectivity index is 1.84. The second kappa shape index (κ2) is 4.93. The van der Waals surface area contributed by atoms with Crippen LogP contribution in [0.15, 0.2) is 28.8 Å². The summed E-state index contributed by atoms with van der Waals surface area (Å²) < 4.78 is 18.1. The number of H-pyrrole nitrogens is 1. The van der Waals surface area contributed by atoms with Gasteiger partial charge >= 0.3 is 0 Å². The van der Waals surface area contributed by atoms with Crippen LogP contribution >= 0.6 is 11.6 Å². The predicted molar refractivity (Wildman–Crippen MR) is 70.5 cm³/mol. The largest absolute Gasteiger partial charge is 0.382 e. The van der Waals surface area contributed by atoms with Gasteiger partial charge in [-0.1, -0.05) is 22.8 Å². The van der Waals surface area contributed by atoms with Crippen LogP contribution in [-0.2, 0) is 6.42 Å². The zero-order chi connectivity index (χ0) is 14.1. The number of nitrogen functional groups attached to an aromatic ring is 1. The fourth-order valence-electron chi connectivity index (χ4n) is 1.72. The van der Waals surface area contributed by atoms with Crippen LogP contribution in [0.3, 0.4) is 0 Å². The topological polar surface area (TPSA) is 93.6 Å². The molecular formula is C12H9ClFN5O. The number of rotatable bonds is 3. The van der Waals surface area contributed by atoms with Crippen molar-refractivity contribution in [1.29, 1.82) is 0 Å². The van der Waals surface area contributed by atoms with E-state index in [-0.39, 0.29) is 11.7 Å². The fourth-order valence-corrected chi connectivity index (χ4v) is 1.95. The van der Waals surface area contributed by atoms with Crippen LogP contribution in [0.25, 0.3) is 11.6 Å². The van der Waals surface area contributed by atoms with Crippen molar-refractivity contribution in [2.24, 2.45) is 0 Å². The van der Waals surface area contributed by atoms with Crippen molar-refractivity contribution in [1.82, 2.24) is 20.3 Å². The van der Waals surface area contributed by atoms with Crippen LogP contribution in [0.1, 0.15) is 11.4 Å². The molecule has 8 heteroatoms. The number of aromatic amines is 1. The Kier molecular flexibility index (Phi) is 3.11. The van der Waals surface area contributed by atoms with Gasteiger partial charge in [-0.2, -0.15) is 10.1 Å². The highest BCUT2D eigenvalue weighted by molar-refractivity contribution is 6.31. The number of anilines is 1. The lowest BCUT2D eigenvalue weighted by molar-refractivity contribution is 0.422. The van der Waals surface area contributed by atoms with Gasteiger partial charge in [0.2, 0.25) is 0 Å². The molecule has 3 rings (SSSR count). The van der Waals surface area contributed by atoms with Gasteiger partial charge in [0.1, 0.15) is 17.3 Å². The van der Waals surface area contributed by atoms with E-state index >= 15 is 0 Å². The lowest BCUT2D eigenvalue weighted by Gasteiger charge is -2.00. The molecular weight excluding hydrogens is 285 g/mol. The summed E-state index contributed by atoms with van der Waals surface area (Å²) in [5, 5.41) is 10.6. The third-order valence-corrected chi connectivity index (χ3v) is 3.01. The number of halogens is 2. The SMILES string of the molecule is Nc1cc(-c2nc(Cc3ccc(F)cc3Cl)no2)[nH]n1. The summed E-state index contributed by atoms with van der Waals surface area (Å²) in [6.45, 7) is 0. The van der Waals surface area contributed by atoms with Gasteiger partial charge in [0.05, 0.1) is 0 Å². The van der Waals surface area contributed by atoms with Gasteiger partial charge in [-0.25, -0.2) is 4.39 Å². The van der Waals surface area contributed by atoms with E-state index in [9.17, 15) is 4.39 Å². The summed E-state index contributed by atoms with van der Waals surface area (Å²) >= 11 is 5.95. The molecule has 0 aliphatic carbocycles. The quantitative estimate of drug-likeness (QED) is 0.773. The van der Waals surface area contributed by atoms with Gasteiger partial charge in [0, 0.05) is 17.5 Å². The van der Waals surface area contributed by atoms with E-state index < -0.39 is 0 Å². The van der Waals surface area contributed by atoms with Crippen LogP contribution in [-0.4, -0.2) is 20.3 Å². The molecule has 0 atom stereocenters. The van der Waals surface area contributed by atoms with Crippen molar-refractivity contribution in [3.8, 4) is 11.6 Å². The van der Waals surface area contributed by atoms with Crippen LogP contribution in [0.4, 0.5) is 10.2 Å². The normalized spacial score (nSPS) is 10.9. The van der Waals surface area contributed by atoms with Gasteiger partial charge in [0.15, 0.2) is 5.82 Å². The molecule has 0 spiro atoms. The standard InChI is InChI=1S/C12H9ClFN5O/c13-8-4-7(14)2-1-6(8)3-11-16-12(20-19-11)9-5-10(15)18-17-9/h1-2,4-5H,3H2,(H3,15,17,18). The van der Waals surface area contributed by atoms with Crippen LogP contribution < -0.4 is 5.73 Å². The van der Waals surface area contributed by atoms with E-state index in [0.717, 1.165) is 0 Å². The second-order valence-corrected chi connectivity index (χ2v) is 4.54. The number of nitrogens with two attached hydrogens (primary N) is 1. The molecule has 0 aliphatic heterocycles. The van der Waals surface area contributed by atoms with Crippen LogP contribution in [0, 0.1) is 5.82 Å². The molecule has 1 aromatic carbocycles. The monoisotopic (exact) mass is 293 g/mol. The molecule has 6 nitrogen and oxygen atoms in total. The molecule has 0 saturated carbocycles. The number of nitrogens with zero attached hydrogens (tertiary/aromatic N) is 3. The van der Waals surface area contributed by atoms with Gasteiger partial charge in [0.25, 0.3) is 5.89 Å². The van der Waals surface area contributed by atoms with E-state index in [0.29, 0.717) is 34.3 Å². The molecule has 102 valence electrons. The van der Waals surface area contributed by atoms with Crippen molar-refractivity contribution in [2.45, 2.75) is 6.42 Å². The molecule has 0 saturated heterocycles. The highest BCUT2D eigenvalue weighted by Crippen LogP contribution is 2.21. The Labute approximate surface area is 117 Å². The molecule has 0 bridgehead atoms. The first-order valence-corrected chi connectivity index (χ1v) is 6.07. The molecule has 2 heterocycles. The minimum absolute atomic E-state index is 0.280. The van der Waals surface area contributed by atoms with Crippen LogP contribution in [0.5, 0.6) is 0 Å². The molecule has 3 N–H and O–H groups in total. The molecule has 0 amide bonds. The smallest absolute Gasteiger partial charge is 0.276 e. The molecule has 2 aromatic heterocycles. The maximum atomic E-state index is 13.0. The average Bonchev–Trinajstić information content (AvgIpc) is 3.02. The van der Waals surface area contributed by atoms with Gasteiger partial charge in [-0.3, -0.25) is 5.10 Å². The van der Waals surface area contributed by atoms with Crippen molar-refractivity contribution in [3.05, 3.63) is 46.5 Å². The van der Waals surface area contributed by atoms with Crippen LogP contribution in [0.2, 0.25) is 5.02 Å². The first-order valence-electron chi connectivity index (χ1n) is 5.69. The summed E-state index contributed by atoms with van der Waals surface area (Å²) in [7, 11) is 0. The maximum absolute atomic E-state index is 13.0. The van der Waals surface area contributed by atoms with Crippen molar-refractivity contribution >= 4 is 17.4 Å². The molecule has 0 radical (unpaired) electrons. The minimum Gasteiger partial charge on any atom is -0.382 e. The Morgan fingerprint density at radius 3 is 2.90 bits per heavy atom. The molecule has 3 aromatic rings. The summed E-state index contributed by atoms with van der Waals surface area (Å²) in [4.78, 5) is 4.20. The van der Waals surface area contributed by atoms with E-state index in [4.69, 9.17) is 21.9 Å². The molecule has 20 heavy (non-hydrogen) atoms. The van der Waals surface area contributed by atoms with Gasteiger partial charge < -0.3 is 10.3 Å². The van der Waals surface area contributed by atoms with Gasteiger partial charge in [-0.15, -0.1) is 0 Å². The predicted octanol–water partition coefficient (Wildman–Crippen LogP) is 2.43. The average molecular weight is 294 g/mol. The number of nitrogens with one attached hydrogen (secondary N) is 1. The highest BCUT2D eigenvalue weighted by Gasteiger charge is 2.13. The molecule has 0 unspecified atom stereocenters. The third-order valence-electron chi connectivity index (χ3n) is 2.66. The Bertz CT molecular complexity index is 754. The summed E-state index contributed by atoms with van der Waals surface area (Å²) in [5.74, 6) is 0.658.